The zero-order chi connectivity index (χ0) is 16.1. The number of amides is 1. The molecule has 0 saturated heterocycles. The minimum atomic E-state index is 0.0230. The number of nitrogens with zero attached hydrogens (tertiary/aromatic N) is 3. The van der Waals surface area contributed by atoms with Crippen LogP contribution in [-0.2, 0) is 4.79 Å². The fraction of sp³-hybridized carbons (Fsp3) is 0.438. The normalized spacial score (nSPS) is 11.0. The number of aromatic nitrogens is 3. The number of aryl methyl sites for hydroxylation is 2. The molecular formula is C16H22N4OS. The van der Waals surface area contributed by atoms with Gasteiger partial charge in [-0.2, -0.15) is 0 Å². The number of hydrogen-bond donors (Lipinski definition) is 1. The Bertz CT molecular complexity index is 634. The topological polar surface area (TPSA) is 59.8 Å². The summed E-state index contributed by atoms with van der Waals surface area (Å²) in [6.07, 6.45) is 0. The van der Waals surface area contributed by atoms with E-state index >= 15 is 0 Å². The van der Waals surface area contributed by atoms with Crippen molar-refractivity contribution in [2.24, 2.45) is 5.92 Å². The van der Waals surface area contributed by atoms with Crippen molar-refractivity contribution >= 4 is 17.7 Å². The minimum absolute atomic E-state index is 0.0230. The van der Waals surface area contributed by atoms with E-state index in [0.717, 1.165) is 16.7 Å². The molecule has 0 fully saturated rings. The zero-order valence-corrected chi connectivity index (χ0v) is 14.3. The number of thioether (sulfide) groups is 1. The van der Waals surface area contributed by atoms with Crippen molar-refractivity contribution in [1.29, 1.82) is 0 Å². The molecule has 2 rings (SSSR count). The highest BCUT2D eigenvalue weighted by Gasteiger charge is 2.13. The van der Waals surface area contributed by atoms with Gasteiger partial charge in [-0.05, 0) is 31.9 Å². The van der Waals surface area contributed by atoms with Gasteiger partial charge in [0.2, 0.25) is 5.91 Å². The van der Waals surface area contributed by atoms with Crippen LogP contribution in [-0.4, -0.2) is 33.0 Å². The van der Waals surface area contributed by atoms with Gasteiger partial charge in [0.15, 0.2) is 5.16 Å². The van der Waals surface area contributed by atoms with E-state index in [9.17, 15) is 4.79 Å². The van der Waals surface area contributed by atoms with Crippen LogP contribution in [0.25, 0.3) is 5.69 Å². The fourth-order valence-electron chi connectivity index (χ4n) is 1.93. The first kappa shape index (κ1) is 16.5. The summed E-state index contributed by atoms with van der Waals surface area (Å²) in [4.78, 5) is 11.8. The van der Waals surface area contributed by atoms with Crippen LogP contribution in [0.5, 0.6) is 0 Å². The van der Waals surface area contributed by atoms with Crippen LogP contribution in [0.15, 0.2) is 29.4 Å². The summed E-state index contributed by atoms with van der Waals surface area (Å²) in [5.41, 5.74) is 2.22. The second-order valence-corrected chi connectivity index (χ2v) is 6.63. The third-order valence-electron chi connectivity index (χ3n) is 3.13. The Hall–Kier alpha value is -1.82. The van der Waals surface area contributed by atoms with Crippen molar-refractivity contribution in [3.8, 4) is 5.69 Å². The smallest absolute Gasteiger partial charge is 0.230 e. The van der Waals surface area contributed by atoms with E-state index < -0.39 is 0 Å². The molecule has 118 valence electrons. The van der Waals surface area contributed by atoms with Crippen molar-refractivity contribution < 1.29 is 4.79 Å². The molecule has 1 aromatic heterocycles. The van der Waals surface area contributed by atoms with E-state index in [2.05, 4.69) is 48.4 Å². The van der Waals surface area contributed by atoms with Gasteiger partial charge in [0.1, 0.15) is 5.82 Å². The van der Waals surface area contributed by atoms with Crippen molar-refractivity contribution in [2.45, 2.75) is 32.9 Å². The third-order valence-corrected chi connectivity index (χ3v) is 4.06. The Morgan fingerprint density at radius 3 is 2.55 bits per heavy atom. The lowest BCUT2D eigenvalue weighted by Gasteiger charge is -2.09. The van der Waals surface area contributed by atoms with Gasteiger partial charge in [-0.15, -0.1) is 10.2 Å². The molecule has 1 N–H and O–H groups in total. The first-order chi connectivity index (χ1) is 10.5. The second-order valence-electron chi connectivity index (χ2n) is 5.69. The molecule has 0 atom stereocenters. The molecule has 2 aromatic rings. The van der Waals surface area contributed by atoms with Crippen molar-refractivity contribution in [3.63, 3.8) is 0 Å². The van der Waals surface area contributed by atoms with Gasteiger partial charge in [0, 0.05) is 12.2 Å². The summed E-state index contributed by atoms with van der Waals surface area (Å²) in [7, 11) is 0. The number of carbonyl (C=O) groups excluding carboxylic acids is 1. The molecule has 5 nitrogen and oxygen atoms in total. The molecular weight excluding hydrogens is 296 g/mol. The Labute approximate surface area is 135 Å². The minimum Gasteiger partial charge on any atom is -0.355 e. The molecule has 0 aliphatic carbocycles. The molecule has 0 aliphatic heterocycles. The standard InChI is InChI=1S/C16H22N4OS/c1-11(2)9-17-15(21)10-22-16-19-18-13(4)20(16)14-7-5-12(3)6-8-14/h5-8,11H,9-10H2,1-4H3,(H,17,21). The van der Waals surface area contributed by atoms with Gasteiger partial charge < -0.3 is 5.32 Å². The maximum atomic E-state index is 11.8. The molecule has 0 unspecified atom stereocenters. The van der Waals surface area contributed by atoms with Crippen molar-refractivity contribution in [3.05, 3.63) is 35.7 Å². The van der Waals surface area contributed by atoms with Crippen LogP contribution >= 0.6 is 11.8 Å². The summed E-state index contributed by atoms with van der Waals surface area (Å²) in [6, 6.07) is 8.18. The molecule has 1 aromatic carbocycles. The van der Waals surface area contributed by atoms with E-state index in [-0.39, 0.29) is 5.91 Å². The highest BCUT2D eigenvalue weighted by Crippen LogP contribution is 2.21. The Kier molecular flexibility index (Phi) is 5.60. The van der Waals surface area contributed by atoms with E-state index in [1.807, 2.05) is 23.6 Å². The molecule has 22 heavy (non-hydrogen) atoms. The van der Waals surface area contributed by atoms with Crippen LogP contribution < -0.4 is 5.32 Å². The van der Waals surface area contributed by atoms with Crippen LogP contribution in [0.3, 0.4) is 0 Å². The quantitative estimate of drug-likeness (QED) is 0.832. The molecule has 1 amide bonds. The van der Waals surface area contributed by atoms with Crippen LogP contribution in [0.4, 0.5) is 0 Å². The number of hydrogen-bond acceptors (Lipinski definition) is 4. The molecule has 0 spiro atoms. The van der Waals surface area contributed by atoms with E-state index in [4.69, 9.17) is 0 Å². The predicted octanol–water partition coefficient (Wildman–Crippen LogP) is 2.75. The first-order valence-corrected chi connectivity index (χ1v) is 8.34. The average molecular weight is 318 g/mol. The largest absolute Gasteiger partial charge is 0.355 e. The summed E-state index contributed by atoms with van der Waals surface area (Å²) < 4.78 is 1.97. The van der Waals surface area contributed by atoms with E-state index in [1.54, 1.807) is 0 Å². The van der Waals surface area contributed by atoms with Gasteiger partial charge >= 0.3 is 0 Å². The molecule has 6 heteroatoms. The average Bonchev–Trinajstić information content (AvgIpc) is 2.85. The van der Waals surface area contributed by atoms with Gasteiger partial charge in [-0.25, -0.2) is 0 Å². The lowest BCUT2D eigenvalue weighted by molar-refractivity contribution is -0.118. The first-order valence-electron chi connectivity index (χ1n) is 7.36. The summed E-state index contributed by atoms with van der Waals surface area (Å²) in [6.45, 7) is 8.81. The zero-order valence-electron chi connectivity index (χ0n) is 13.5. The Morgan fingerprint density at radius 1 is 1.23 bits per heavy atom. The van der Waals surface area contributed by atoms with Crippen LogP contribution in [0, 0.1) is 19.8 Å². The third kappa shape index (κ3) is 4.34. The predicted molar refractivity (Wildman–Crippen MR) is 89.4 cm³/mol. The van der Waals surface area contributed by atoms with E-state index in [0.29, 0.717) is 18.2 Å². The summed E-state index contributed by atoms with van der Waals surface area (Å²) in [5.74, 6) is 1.63. The van der Waals surface area contributed by atoms with Crippen molar-refractivity contribution in [1.82, 2.24) is 20.1 Å². The van der Waals surface area contributed by atoms with Gasteiger partial charge in [-0.3, -0.25) is 9.36 Å². The Morgan fingerprint density at radius 2 is 1.91 bits per heavy atom. The van der Waals surface area contributed by atoms with Gasteiger partial charge in [0.25, 0.3) is 0 Å². The number of rotatable bonds is 6. The highest BCUT2D eigenvalue weighted by molar-refractivity contribution is 7.99. The molecule has 0 aliphatic rings. The number of carbonyl (C=O) groups is 1. The van der Waals surface area contributed by atoms with Gasteiger partial charge in [-0.1, -0.05) is 43.3 Å². The molecule has 0 saturated carbocycles. The maximum Gasteiger partial charge on any atom is 0.230 e. The van der Waals surface area contributed by atoms with Gasteiger partial charge in [0.05, 0.1) is 5.75 Å². The Balaban J connectivity index is 2.06. The molecule has 0 radical (unpaired) electrons. The lowest BCUT2D eigenvalue weighted by atomic mass is 10.2. The van der Waals surface area contributed by atoms with E-state index in [1.165, 1.54) is 17.3 Å². The second kappa shape index (κ2) is 7.45. The van der Waals surface area contributed by atoms with Crippen LogP contribution in [0.2, 0.25) is 0 Å². The van der Waals surface area contributed by atoms with Crippen LogP contribution in [0.1, 0.15) is 25.2 Å². The highest BCUT2D eigenvalue weighted by atomic mass is 32.2. The lowest BCUT2D eigenvalue weighted by Crippen LogP contribution is -2.28. The maximum absolute atomic E-state index is 11.8. The molecule has 1 heterocycles. The monoisotopic (exact) mass is 318 g/mol. The fourth-order valence-corrected chi connectivity index (χ4v) is 2.75. The SMILES string of the molecule is Cc1ccc(-n2c(C)nnc2SCC(=O)NCC(C)C)cc1. The summed E-state index contributed by atoms with van der Waals surface area (Å²) >= 11 is 1.40. The number of benzene rings is 1. The molecule has 0 bridgehead atoms. The summed E-state index contributed by atoms with van der Waals surface area (Å²) in [5, 5.41) is 12.0. The van der Waals surface area contributed by atoms with Crippen molar-refractivity contribution in [2.75, 3.05) is 12.3 Å². The number of nitrogens with one attached hydrogen (secondary N) is 1.